The van der Waals surface area contributed by atoms with Crippen LogP contribution in [0.25, 0.3) is 0 Å². The van der Waals surface area contributed by atoms with E-state index in [1.807, 2.05) is 0 Å². The normalized spacial score (nSPS) is 11.4. The van der Waals surface area contributed by atoms with Crippen LogP contribution in [0.2, 0.25) is 0 Å². The van der Waals surface area contributed by atoms with Crippen molar-refractivity contribution in [3.8, 4) is 0 Å². The number of nitrogens with one attached hydrogen (secondary N) is 2. The molecule has 0 radical (unpaired) electrons. The van der Waals surface area contributed by atoms with Crippen LogP contribution in [0.1, 0.15) is 6.42 Å². The molecule has 2 N–H and O–H groups in total. The van der Waals surface area contributed by atoms with Gasteiger partial charge in [0.2, 0.25) is 10.0 Å². The van der Waals surface area contributed by atoms with E-state index in [0.29, 0.717) is 13.0 Å². The van der Waals surface area contributed by atoms with Crippen LogP contribution in [0.4, 0.5) is 5.69 Å². The Morgan fingerprint density at radius 1 is 1.28 bits per heavy atom. The van der Waals surface area contributed by atoms with Gasteiger partial charge in [-0.1, -0.05) is 12.1 Å². The summed E-state index contributed by atoms with van der Waals surface area (Å²) >= 11 is 0. The molecule has 100 valence electrons. The second-order valence-corrected chi connectivity index (χ2v) is 5.32. The van der Waals surface area contributed by atoms with Crippen molar-refractivity contribution in [2.24, 2.45) is 0 Å². The molecule has 18 heavy (non-hydrogen) atoms. The number of para-hydroxylation sites is 1. The van der Waals surface area contributed by atoms with Crippen molar-refractivity contribution in [3.05, 3.63) is 34.4 Å². The molecule has 0 aliphatic heterocycles. The van der Waals surface area contributed by atoms with Gasteiger partial charge in [0.15, 0.2) is 4.90 Å². The quantitative estimate of drug-likeness (QED) is 0.427. The Hall–Kier alpha value is -1.51. The van der Waals surface area contributed by atoms with Gasteiger partial charge >= 0.3 is 0 Å². The van der Waals surface area contributed by atoms with E-state index in [1.165, 1.54) is 24.3 Å². The molecule has 7 nitrogen and oxygen atoms in total. The monoisotopic (exact) mass is 273 g/mol. The zero-order chi connectivity index (χ0) is 13.6. The zero-order valence-corrected chi connectivity index (χ0v) is 10.7. The van der Waals surface area contributed by atoms with Gasteiger partial charge in [-0.05, 0) is 26.1 Å². The predicted molar refractivity (Wildman–Crippen MR) is 66.8 cm³/mol. The minimum Gasteiger partial charge on any atom is -0.320 e. The van der Waals surface area contributed by atoms with Crippen LogP contribution in [-0.4, -0.2) is 33.5 Å². The molecule has 1 rings (SSSR count). The van der Waals surface area contributed by atoms with Crippen LogP contribution in [0.15, 0.2) is 29.2 Å². The molecule has 0 saturated heterocycles. The SMILES string of the molecule is CNCCCNS(=O)(=O)c1ccccc1[N+](=O)[O-]. The lowest BCUT2D eigenvalue weighted by Gasteiger charge is -2.06. The summed E-state index contributed by atoms with van der Waals surface area (Å²) < 4.78 is 26.1. The Bertz CT molecular complexity index is 516. The summed E-state index contributed by atoms with van der Waals surface area (Å²) in [6.45, 7) is 0.897. The van der Waals surface area contributed by atoms with Crippen molar-refractivity contribution >= 4 is 15.7 Å². The molecule has 0 unspecified atom stereocenters. The third-order valence-corrected chi connectivity index (χ3v) is 3.76. The highest BCUT2D eigenvalue weighted by atomic mass is 32.2. The number of hydrogen-bond acceptors (Lipinski definition) is 5. The molecular formula is C10H15N3O4S. The fourth-order valence-electron chi connectivity index (χ4n) is 1.38. The molecule has 1 aromatic rings. The molecule has 0 spiro atoms. The number of sulfonamides is 1. The summed E-state index contributed by atoms with van der Waals surface area (Å²) in [5.41, 5.74) is -0.418. The predicted octanol–water partition coefficient (Wildman–Crippen LogP) is 0.483. The van der Waals surface area contributed by atoms with E-state index >= 15 is 0 Å². The van der Waals surface area contributed by atoms with Gasteiger partial charge in [0.25, 0.3) is 5.69 Å². The summed E-state index contributed by atoms with van der Waals surface area (Å²) in [5, 5.41) is 13.6. The van der Waals surface area contributed by atoms with Gasteiger partial charge in [0.1, 0.15) is 0 Å². The second-order valence-electron chi connectivity index (χ2n) is 3.58. The Morgan fingerprint density at radius 3 is 2.56 bits per heavy atom. The van der Waals surface area contributed by atoms with E-state index in [4.69, 9.17) is 0 Å². The van der Waals surface area contributed by atoms with E-state index in [-0.39, 0.29) is 11.4 Å². The first-order valence-electron chi connectivity index (χ1n) is 5.36. The third kappa shape index (κ3) is 3.76. The minimum absolute atomic E-state index is 0.231. The lowest BCUT2D eigenvalue weighted by atomic mass is 10.3. The van der Waals surface area contributed by atoms with Crippen LogP contribution in [0.5, 0.6) is 0 Å². The number of nitro groups is 1. The van der Waals surface area contributed by atoms with Crippen LogP contribution in [0, 0.1) is 10.1 Å². The lowest BCUT2D eigenvalue weighted by molar-refractivity contribution is -0.387. The van der Waals surface area contributed by atoms with Gasteiger partial charge in [-0.2, -0.15) is 0 Å². The standard InChI is InChI=1S/C10H15N3O4S/c1-11-7-4-8-12-18(16,17)10-6-3-2-5-9(10)13(14)15/h2-3,5-6,11-12H,4,7-8H2,1H3. The summed E-state index contributed by atoms with van der Waals surface area (Å²) in [6, 6.07) is 5.27. The second kappa shape index (κ2) is 6.43. The molecule has 0 bridgehead atoms. The van der Waals surface area contributed by atoms with Gasteiger partial charge in [0.05, 0.1) is 4.92 Å². The molecule has 0 aliphatic carbocycles. The van der Waals surface area contributed by atoms with E-state index in [9.17, 15) is 18.5 Å². The van der Waals surface area contributed by atoms with Crippen molar-refractivity contribution < 1.29 is 13.3 Å². The number of rotatable bonds is 7. The van der Waals surface area contributed by atoms with E-state index in [2.05, 4.69) is 10.0 Å². The van der Waals surface area contributed by atoms with E-state index in [0.717, 1.165) is 0 Å². The highest BCUT2D eigenvalue weighted by Gasteiger charge is 2.24. The smallest absolute Gasteiger partial charge is 0.289 e. The maximum Gasteiger partial charge on any atom is 0.289 e. The third-order valence-electron chi connectivity index (χ3n) is 2.25. The first-order valence-corrected chi connectivity index (χ1v) is 6.85. The van der Waals surface area contributed by atoms with Crippen molar-refractivity contribution in [3.63, 3.8) is 0 Å². The topological polar surface area (TPSA) is 101 Å². The Labute approximate surface area is 105 Å². The van der Waals surface area contributed by atoms with Crippen LogP contribution >= 0.6 is 0 Å². The molecule has 8 heteroatoms. The summed E-state index contributed by atoms with van der Waals surface area (Å²) in [6.07, 6.45) is 0.608. The molecule has 0 fully saturated rings. The van der Waals surface area contributed by atoms with Gasteiger partial charge in [0, 0.05) is 12.6 Å². The van der Waals surface area contributed by atoms with Crippen molar-refractivity contribution in [1.82, 2.24) is 10.0 Å². The highest BCUT2D eigenvalue weighted by molar-refractivity contribution is 7.89. The maximum atomic E-state index is 11.9. The molecule has 0 amide bonds. The largest absolute Gasteiger partial charge is 0.320 e. The lowest BCUT2D eigenvalue weighted by Crippen LogP contribution is -2.27. The molecule has 0 aliphatic rings. The summed E-state index contributed by atoms with van der Waals surface area (Å²) in [5.74, 6) is 0. The first kappa shape index (κ1) is 14.6. The fraction of sp³-hybridized carbons (Fsp3) is 0.400. The van der Waals surface area contributed by atoms with Crippen LogP contribution in [0.3, 0.4) is 0 Å². The molecule has 0 heterocycles. The van der Waals surface area contributed by atoms with E-state index < -0.39 is 20.6 Å². The number of nitrogens with zero attached hydrogens (tertiary/aromatic N) is 1. The van der Waals surface area contributed by atoms with Crippen molar-refractivity contribution in [2.45, 2.75) is 11.3 Å². The average Bonchev–Trinajstić information content (AvgIpc) is 2.35. The fourth-order valence-corrected chi connectivity index (χ4v) is 2.63. The van der Waals surface area contributed by atoms with E-state index in [1.54, 1.807) is 7.05 Å². The Morgan fingerprint density at radius 2 is 1.94 bits per heavy atom. The molecular weight excluding hydrogens is 258 g/mol. The number of benzene rings is 1. The first-order chi connectivity index (χ1) is 8.49. The van der Waals surface area contributed by atoms with Crippen LogP contribution < -0.4 is 10.0 Å². The highest BCUT2D eigenvalue weighted by Crippen LogP contribution is 2.22. The van der Waals surface area contributed by atoms with Crippen LogP contribution in [-0.2, 0) is 10.0 Å². The average molecular weight is 273 g/mol. The molecule has 0 atom stereocenters. The van der Waals surface area contributed by atoms with Gasteiger partial charge in [-0.3, -0.25) is 10.1 Å². The van der Waals surface area contributed by atoms with Crippen molar-refractivity contribution in [2.75, 3.05) is 20.1 Å². The number of hydrogen-bond donors (Lipinski definition) is 2. The Kier molecular flexibility index (Phi) is 5.20. The van der Waals surface area contributed by atoms with Gasteiger partial charge in [-0.15, -0.1) is 0 Å². The number of nitro benzene ring substituents is 1. The molecule has 0 saturated carbocycles. The zero-order valence-electron chi connectivity index (χ0n) is 9.92. The van der Waals surface area contributed by atoms with Gasteiger partial charge < -0.3 is 5.32 Å². The molecule has 1 aromatic carbocycles. The molecule has 0 aromatic heterocycles. The minimum atomic E-state index is -3.84. The van der Waals surface area contributed by atoms with Gasteiger partial charge in [-0.25, -0.2) is 13.1 Å². The van der Waals surface area contributed by atoms with Crippen molar-refractivity contribution in [1.29, 1.82) is 0 Å². The summed E-state index contributed by atoms with van der Waals surface area (Å²) in [7, 11) is -2.08. The maximum absolute atomic E-state index is 11.9. The summed E-state index contributed by atoms with van der Waals surface area (Å²) in [4.78, 5) is 9.74. The Balaban J connectivity index is 2.88.